The third kappa shape index (κ3) is 3.60. The minimum Gasteiger partial charge on any atom is -0.264 e. The number of rotatable bonds is 3. The lowest BCUT2D eigenvalue weighted by molar-refractivity contribution is 0.838. The van der Waals surface area contributed by atoms with E-state index in [1.807, 2.05) is 18.5 Å². The minimum absolute atomic E-state index is 0.680. The van der Waals surface area contributed by atoms with E-state index in [4.69, 9.17) is 0 Å². The lowest BCUT2D eigenvalue weighted by atomic mass is 10.3. The highest BCUT2D eigenvalue weighted by Crippen LogP contribution is 2.40. The third-order valence-electron chi connectivity index (χ3n) is 4.05. The summed E-state index contributed by atoms with van der Waals surface area (Å²) in [5, 5.41) is 0. The summed E-state index contributed by atoms with van der Waals surface area (Å²) in [6, 6.07) is 2.02. The molecule has 0 amide bonds. The topological polar surface area (TPSA) is 12.9 Å². The molecule has 1 aromatic heterocycles. The first kappa shape index (κ1) is 16.7. The summed E-state index contributed by atoms with van der Waals surface area (Å²) in [7, 11) is -1.62. The van der Waals surface area contributed by atoms with Gasteiger partial charge in [0, 0.05) is 21.5 Å². The Morgan fingerprint density at radius 3 is 2.00 bits per heavy atom. The van der Waals surface area contributed by atoms with Crippen LogP contribution in [0.1, 0.15) is 47.1 Å². The Morgan fingerprint density at radius 2 is 1.58 bits per heavy atom. The van der Waals surface area contributed by atoms with Gasteiger partial charge in [0.25, 0.3) is 0 Å². The highest BCUT2D eigenvalue weighted by Gasteiger charge is 2.41. The average Bonchev–Trinajstić information content (AvgIpc) is 2.30. The molecule has 1 rings (SSSR count). The maximum atomic E-state index is 4.13. The van der Waals surface area contributed by atoms with Crippen LogP contribution in [-0.2, 0) is 0 Å². The van der Waals surface area contributed by atoms with E-state index in [9.17, 15) is 0 Å². The first-order valence-corrected chi connectivity index (χ1v) is 10.3. The van der Waals surface area contributed by atoms with Gasteiger partial charge < -0.3 is 0 Å². The number of hydrogen-bond donors (Lipinski definition) is 0. The summed E-state index contributed by atoms with van der Waals surface area (Å²) in [5.41, 5.74) is 6.91. The monoisotopic (exact) mass is 385 g/mol. The molecule has 3 heteroatoms. The lowest BCUT2D eigenvalue weighted by Crippen LogP contribution is -2.43. The van der Waals surface area contributed by atoms with Crippen LogP contribution >= 0.6 is 22.6 Å². The average molecular weight is 385 g/mol. The molecule has 0 fully saturated rings. The summed E-state index contributed by atoms with van der Waals surface area (Å²) >= 11 is 2.31. The Bertz CT molecular complexity index is 461. The molecule has 0 atom stereocenters. The molecule has 104 valence electrons. The van der Waals surface area contributed by atoms with Crippen molar-refractivity contribution in [3.05, 3.63) is 27.6 Å². The second-order valence-electron chi connectivity index (χ2n) is 6.00. The second kappa shape index (κ2) is 6.89. The lowest BCUT2D eigenvalue weighted by Gasteiger charge is -2.38. The zero-order chi connectivity index (χ0) is 14.6. The Balaban J connectivity index is 3.28. The molecule has 0 spiro atoms. The van der Waals surface area contributed by atoms with Gasteiger partial charge >= 0.3 is 0 Å². The van der Waals surface area contributed by atoms with E-state index in [0.29, 0.717) is 16.6 Å². The molecule has 0 radical (unpaired) electrons. The summed E-state index contributed by atoms with van der Waals surface area (Å²) in [5.74, 6) is 3.46. The van der Waals surface area contributed by atoms with Crippen LogP contribution < -0.4 is 0 Å². The van der Waals surface area contributed by atoms with Crippen LogP contribution in [0.4, 0.5) is 0 Å². The summed E-state index contributed by atoms with van der Waals surface area (Å²) < 4.78 is 1.15. The maximum absolute atomic E-state index is 4.13. The van der Waals surface area contributed by atoms with Crippen molar-refractivity contribution in [1.29, 1.82) is 0 Å². The molecule has 1 aromatic rings. The van der Waals surface area contributed by atoms with Gasteiger partial charge in [0.05, 0.1) is 0 Å². The molecule has 19 heavy (non-hydrogen) atoms. The highest BCUT2D eigenvalue weighted by molar-refractivity contribution is 14.1. The van der Waals surface area contributed by atoms with E-state index in [2.05, 4.69) is 80.6 Å². The Morgan fingerprint density at radius 1 is 1.05 bits per heavy atom. The van der Waals surface area contributed by atoms with Crippen LogP contribution in [0.25, 0.3) is 0 Å². The molecular weight excluding hydrogens is 361 g/mol. The molecule has 0 aliphatic rings. The van der Waals surface area contributed by atoms with Crippen molar-refractivity contribution in [2.75, 3.05) is 0 Å². The van der Waals surface area contributed by atoms with Crippen molar-refractivity contribution >= 4 is 30.7 Å². The van der Waals surface area contributed by atoms with Crippen LogP contribution in [0, 0.1) is 15.0 Å². The van der Waals surface area contributed by atoms with E-state index < -0.39 is 8.07 Å². The number of pyridine rings is 1. The SMILES string of the molecule is CC(C)[Si](C#Cc1ccncc1I)(C(C)C)C(C)C. The molecule has 1 heterocycles. The number of aromatic nitrogens is 1. The Kier molecular flexibility index (Phi) is 6.06. The molecule has 0 bridgehead atoms. The third-order valence-corrected chi connectivity index (χ3v) is 11.2. The van der Waals surface area contributed by atoms with Crippen molar-refractivity contribution in [3.8, 4) is 11.5 Å². The van der Waals surface area contributed by atoms with Gasteiger partial charge in [0.1, 0.15) is 8.07 Å². The number of nitrogens with zero attached hydrogens (tertiary/aromatic N) is 1. The summed E-state index contributed by atoms with van der Waals surface area (Å²) in [6.07, 6.45) is 3.71. The van der Waals surface area contributed by atoms with Crippen LogP contribution in [0.2, 0.25) is 16.6 Å². The fourth-order valence-electron chi connectivity index (χ4n) is 3.09. The van der Waals surface area contributed by atoms with E-state index in [1.54, 1.807) is 0 Å². The van der Waals surface area contributed by atoms with E-state index in [-0.39, 0.29) is 0 Å². The van der Waals surface area contributed by atoms with Gasteiger partial charge in [0.15, 0.2) is 0 Å². The van der Waals surface area contributed by atoms with Crippen molar-refractivity contribution in [2.24, 2.45) is 0 Å². The number of hydrogen-bond acceptors (Lipinski definition) is 1. The smallest absolute Gasteiger partial charge is 0.146 e. The number of halogens is 1. The van der Waals surface area contributed by atoms with Crippen LogP contribution in [-0.4, -0.2) is 13.1 Å². The van der Waals surface area contributed by atoms with Crippen LogP contribution in [0.15, 0.2) is 18.5 Å². The van der Waals surface area contributed by atoms with Gasteiger partial charge in [-0.05, 0) is 45.3 Å². The molecular formula is C16H24INSi. The summed E-state index contributed by atoms with van der Waals surface area (Å²) in [6.45, 7) is 14.1. The zero-order valence-electron chi connectivity index (χ0n) is 12.8. The molecule has 0 saturated carbocycles. The predicted molar refractivity (Wildman–Crippen MR) is 94.9 cm³/mol. The van der Waals surface area contributed by atoms with Gasteiger partial charge in [0.2, 0.25) is 0 Å². The van der Waals surface area contributed by atoms with E-state index in [1.165, 1.54) is 0 Å². The second-order valence-corrected chi connectivity index (χ2v) is 12.7. The Hall–Kier alpha value is -0.343. The molecule has 0 aliphatic carbocycles. The first-order chi connectivity index (χ1) is 8.82. The van der Waals surface area contributed by atoms with Crippen molar-refractivity contribution in [2.45, 2.75) is 58.2 Å². The standard InChI is InChI=1S/C16H24INSi/c1-12(2)19(13(3)4,14(5)6)10-8-15-7-9-18-11-16(15)17/h7,9,11-14H,1-6H3. The van der Waals surface area contributed by atoms with E-state index >= 15 is 0 Å². The molecule has 0 aromatic carbocycles. The van der Waals surface area contributed by atoms with Crippen LogP contribution in [0.5, 0.6) is 0 Å². The highest BCUT2D eigenvalue weighted by atomic mass is 127. The minimum atomic E-state index is -1.62. The van der Waals surface area contributed by atoms with Crippen molar-refractivity contribution < 1.29 is 0 Å². The van der Waals surface area contributed by atoms with Gasteiger partial charge in [-0.15, -0.1) is 5.54 Å². The summed E-state index contributed by atoms with van der Waals surface area (Å²) in [4.78, 5) is 4.13. The fraction of sp³-hybridized carbons (Fsp3) is 0.562. The zero-order valence-corrected chi connectivity index (χ0v) is 15.9. The predicted octanol–water partition coefficient (Wildman–Crippen LogP) is 5.26. The van der Waals surface area contributed by atoms with Crippen molar-refractivity contribution in [1.82, 2.24) is 4.98 Å². The fourth-order valence-corrected chi connectivity index (χ4v) is 8.78. The van der Waals surface area contributed by atoms with Gasteiger partial charge in [-0.1, -0.05) is 47.5 Å². The maximum Gasteiger partial charge on any atom is 0.146 e. The molecule has 0 aliphatic heterocycles. The van der Waals surface area contributed by atoms with Gasteiger partial charge in [-0.25, -0.2) is 0 Å². The molecule has 0 saturated heterocycles. The normalized spacial score (nSPS) is 11.9. The quantitative estimate of drug-likeness (QED) is 0.393. The van der Waals surface area contributed by atoms with Crippen LogP contribution in [0.3, 0.4) is 0 Å². The largest absolute Gasteiger partial charge is 0.264 e. The Labute approximate surface area is 132 Å². The first-order valence-electron chi connectivity index (χ1n) is 6.95. The van der Waals surface area contributed by atoms with Crippen molar-refractivity contribution in [3.63, 3.8) is 0 Å². The van der Waals surface area contributed by atoms with Gasteiger partial charge in [-0.2, -0.15) is 0 Å². The molecule has 1 nitrogen and oxygen atoms in total. The van der Waals surface area contributed by atoms with Gasteiger partial charge in [-0.3, -0.25) is 4.98 Å². The molecule has 0 N–H and O–H groups in total. The molecule has 0 unspecified atom stereocenters. The van der Waals surface area contributed by atoms with E-state index in [0.717, 1.165) is 9.13 Å².